The van der Waals surface area contributed by atoms with Crippen LogP contribution in [0.15, 0.2) is 24.3 Å². The fourth-order valence-electron chi connectivity index (χ4n) is 2.26. The Morgan fingerprint density at radius 3 is 2.33 bits per heavy atom. The number of thioether (sulfide) groups is 1. The Bertz CT molecular complexity index is 327. The van der Waals surface area contributed by atoms with Gasteiger partial charge >= 0.3 is 0 Å². The molecule has 0 aromatic heterocycles. The number of nitrogens with two attached hydrogens (primary N) is 1. The van der Waals surface area contributed by atoms with E-state index in [1.807, 2.05) is 11.8 Å². The third-order valence-electron chi connectivity index (χ3n) is 3.68. The largest absolute Gasteiger partial charge is 0.326 e. The van der Waals surface area contributed by atoms with Crippen LogP contribution in [0, 0.1) is 0 Å². The zero-order valence-electron chi connectivity index (χ0n) is 9.49. The van der Waals surface area contributed by atoms with E-state index < -0.39 is 0 Å². The van der Waals surface area contributed by atoms with Gasteiger partial charge in [0.2, 0.25) is 0 Å². The highest BCUT2D eigenvalue weighted by Gasteiger charge is 2.48. The van der Waals surface area contributed by atoms with Gasteiger partial charge in [-0.1, -0.05) is 31.2 Å². The van der Waals surface area contributed by atoms with Crippen molar-refractivity contribution in [3.63, 3.8) is 0 Å². The summed E-state index contributed by atoms with van der Waals surface area (Å²) < 4.78 is 0. The van der Waals surface area contributed by atoms with Crippen molar-refractivity contribution in [2.24, 2.45) is 5.73 Å². The molecule has 82 valence electrons. The van der Waals surface area contributed by atoms with Crippen molar-refractivity contribution in [2.45, 2.75) is 37.0 Å². The van der Waals surface area contributed by atoms with Crippen LogP contribution in [0.4, 0.5) is 0 Å². The van der Waals surface area contributed by atoms with Gasteiger partial charge < -0.3 is 5.73 Å². The van der Waals surface area contributed by atoms with Crippen molar-refractivity contribution < 1.29 is 0 Å². The third kappa shape index (κ3) is 1.93. The molecule has 15 heavy (non-hydrogen) atoms. The maximum absolute atomic E-state index is 5.61. The average Bonchev–Trinajstić information content (AvgIpc) is 3.09. The topological polar surface area (TPSA) is 26.0 Å². The molecule has 0 spiro atoms. The molecular formula is C13H19NS. The summed E-state index contributed by atoms with van der Waals surface area (Å²) in [6.07, 6.45) is 4.90. The van der Waals surface area contributed by atoms with E-state index in [4.69, 9.17) is 5.73 Å². The van der Waals surface area contributed by atoms with Crippen LogP contribution in [0.2, 0.25) is 0 Å². The number of hydrogen-bond donors (Lipinski definition) is 1. The van der Waals surface area contributed by atoms with E-state index in [1.165, 1.54) is 24.0 Å². The van der Waals surface area contributed by atoms with Gasteiger partial charge in [0, 0.05) is 17.2 Å². The van der Waals surface area contributed by atoms with Crippen molar-refractivity contribution in [1.29, 1.82) is 0 Å². The van der Waals surface area contributed by atoms with E-state index in [9.17, 15) is 0 Å². The van der Waals surface area contributed by atoms with Gasteiger partial charge in [0.05, 0.1) is 0 Å². The van der Waals surface area contributed by atoms with Crippen LogP contribution in [-0.4, -0.2) is 11.5 Å². The lowest BCUT2D eigenvalue weighted by Crippen LogP contribution is -2.19. The highest BCUT2D eigenvalue weighted by molar-refractivity contribution is 7.99. The highest BCUT2D eigenvalue weighted by Crippen LogP contribution is 2.54. The van der Waals surface area contributed by atoms with E-state index in [0.717, 1.165) is 5.25 Å². The van der Waals surface area contributed by atoms with Crippen LogP contribution in [0.3, 0.4) is 0 Å². The van der Waals surface area contributed by atoms with Crippen LogP contribution in [0.25, 0.3) is 0 Å². The van der Waals surface area contributed by atoms with Crippen molar-refractivity contribution >= 4 is 11.8 Å². The minimum atomic E-state index is 0.465. The molecule has 1 unspecified atom stereocenters. The van der Waals surface area contributed by atoms with Crippen LogP contribution < -0.4 is 5.73 Å². The Morgan fingerprint density at radius 1 is 1.33 bits per heavy atom. The first kappa shape index (κ1) is 11.0. The number of rotatable bonds is 4. The predicted octanol–water partition coefficient (Wildman–Crippen LogP) is 2.93. The Labute approximate surface area is 96.4 Å². The van der Waals surface area contributed by atoms with Gasteiger partial charge in [0.1, 0.15) is 0 Å². The second kappa shape index (κ2) is 4.18. The lowest BCUT2D eigenvalue weighted by molar-refractivity contribution is 0.682. The van der Waals surface area contributed by atoms with E-state index >= 15 is 0 Å². The smallest absolute Gasteiger partial charge is 0.0178 e. The second-order valence-corrected chi connectivity index (χ2v) is 5.61. The average molecular weight is 221 g/mol. The lowest BCUT2D eigenvalue weighted by Gasteiger charge is -2.22. The molecule has 0 saturated heterocycles. The fourth-order valence-corrected chi connectivity index (χ4v) is 3.09. The highest BCUT2D eigenvalue weighted by atomic mass is 32.2. The van der Waals surface area contributed by atoms with E-state index in [2.05, 4.69) is 37.4 Å². The first-order valence-electron chi connectivity index (χ1n) is 5.55. The summed E-state index contributed by atoms with van der Waals surface area (Å²) in [5.74, 6) is 0. The molecular weight excluding hydrogens is 202 g/mol. The molecule has 1 aliphatic rings. The predicted molar refractivity (Wildman–Crippen MR) is 68.2 cm³/mol. The molecule has 1 fully saturated rings. The molecule has 2 rings (SSSR count). The van der Waals surface area contributed by atoms with Crippen molar-refractivity contribution in [3.8, 4) is 0 Å². The minimum absolute atomic E-state index is 0.465. The molecule has 0 heterocycles. The number of benzene rings is 1. The van der Waals surface area contributed by atoms with Crippen molar-refractivity contribution in [3.05, 3.63) is 35.4 Å². The maximum atomic E-state index is 5.61. The maximum Gasteiger partial charge on any atom is 0.0178 e. The number of hydrogen-bond acceptors (Lipinski definition) is 2. The molecule has 1 nitrogen and oxygen atoms in total. The van der Waals surface area contributed by atoms with E-state index in [-0.39, 0.29) is 0 Å². The standard InChI is InChI=1S/C13H19NS/c1-10(15-2)13(7-8-13)12-5-3-11(9-14)4-6-12/h3-6,10H,7-9,14H2,1-2H3. The van der Waals surface area contributed by atoms with Gasteiger partial charge in [-0.05, 0) is 30.2 Å². The summed E-state index contributed by atoms with van der Waals surface area (Å²) >= 11 is 1.97. The van der Waals surface area contributed by atoms with Gasteiger partial charge in [-0.15, -0.1) is 0 Å². The molecule has 0 amide bonds. The molecule has 1 aromatic rings. The molecule has 0 radical (unpaired) electrons. The Balaban J connectivity index is 2.22. The van der Waals surface area contributed by atoms with Crippen LogP contribution >= 0.6 is 11.8 Å². The van der Waals surface area contributed by atoms with Crippen molar-refractivity contribution in [1.82, 2.24) is 0 Å². The summed E-state index contributed by atoms with van der Waals surface area (Å²) in [5.41, 5.74) is 8.80. The normalized spacial score (nSPS) is 19.9. The molecule has 1 aromatic carbocycles. The van der Waals surface area contributed by atoms with Crippen LogP contribution in [0.5, 0.6) is 0 Å². The Morgan fingerprint density at radius 2 is 1.93 bits per heavy atom. The zero-order valence-corrected chi connectivity index (χ0v) is 10.3. The van der Waals surface area contributed by atoms with Gasteiger partial charge in [-0.25, -0.2) is 0 Å². The van der Waals surface area contributed by atoms with Crippen LogP contribution in [-0.2, 0) is 12.0 Å². The molecule has 2 heteroatoms. The fraction of sp³-hybridized carbons (Fsp3) is 0.538. The SMILES string of the molecule is CSC(C)C1(c2ccc(CN)cc2)CC1. The summed E-state index contributed by atoms with van der Waals surface area (Å²) in [5, 5.41) is 0.723. The molecule has 1 aliphatic carbocycles. The quantitative estimate of drug-likeness (QED) is 0.846. The second-order valence-electron chi connectivity index (χ2n) is 4.44. The summed E-state index contributed by atoms with van der Waals surface area (Å²) in [6.45, 7) is 2.99. The molecule has 2 N–H and O–H groups in total. The Kier molecular flexibility index (Phi) is 3.08. The van der Waals surface area contributed by atoms with Gasteiger partial charge in [0.15, 0.2) is 0 Å². The first-order valence-corrected chi connectivity index (χ1v) is 6.84. The van der Waals surface area contributed by atoms with Gasteiger partial charge in [-0.2, -0.15) is 11.8 Å². The van der Waals surface area contributed by atoms with E-state index in [0.29, 0.717) is 12.0 Å². The monoisotopic (exact) mass is 221 g/mol. The summed E-state index contributed by atoms with van der Waals surface area (Å²) in [4.78, 5) is 0. The molecule has 0 bridgehead atoms. The van der Waals surface area contributed by atoms with Gasteiger partial charge in [-0.3, -0.25) is 0 Å². The molecule has 1 atom stereocenters. The molecule has 0 aliphatic heterocycles. The van der Waals surface area contributed by atoms with Gasteiger partial charge in [0.25, 0.3) is 0 Å². The minimum Gasteiger partial charge on any atom is -0.326 e. The van der Waals surface area contributed by atoms with E-state index in [1.54, 1.807) is 0 Å². The Hall–Kier alpha value is -0.470. The molecule has 1 saturated carbocycles. The van der Waals surface area contributed by atoms with Crippen molar-refractivity contribution in [2.75, 3.05) is 6.26 Å². The summed E-state index contributed by atoms with van der Waals surface area (Å²) in [6, 6.07) is 8.87. The van der Waals surface area contributed by atoms with Crippen LogP contribution in [0.1, 0.15) is 30.9 Å². The zero-order chi connectivity index (χ0) is 10.9. The summed E-state index contributed by atoms with van der Waals surface area (Å²) in [7, 11) is 0. The lowest BCUT2D eigenvalue weighted by atomic mass is 9.92. The first-order chi connectivity index (χ1) is 7.23. The third-order valence-corrected chi connectivity index (χ3v) is 4.84.